The molecular formula is C16H24N2O. The van der Waals surface area contributed by atoms with E-state index in [1.165, 1.54) is 11.3 Å². The molecule has 1 fully saturated rings. The lowest BCUT2D eigenvalue weighted by atomic mass is 10.0. The molecule has 3 heteroatoms. The molecule has 0 aromatic heterocycles. The van der Waals surface area contributed by atoms with Crippen LogP contribution in [-0.4, -0.2) is 37.0 Å². The smallest absolute Gasteiger partial charge is 0.222 e. The van der Waals surface area contributed by atoms with Gasteiger partial charge < -0.3 is 9.80 Å². The molecule has 0 radical (unpaired) electrons. The largest absolute Gasteiger partial charge is 0.368 e. The average Bonchev–Trinajstić information content (AvgIpc) is 2.46. The van der Waals surface area contributed by atoms with Gasteiger partial charge in [0.1, 0.15) is 0 Å². The predicted octanol–water partition coefficient (Wildman–Crippen LogP) is 2.87. The van der Waals surface area contributed by atoms with E-state index in [0.717, 1.165) is 26.2 Å². The summed E-state index contributed by atoms with van der Waals surface area (Å²) >= 11 is 0. The standard InChI is InChI=1S/C16H24N2O/c1-4-16(19)18-10-8-17(9-11-18)15-7-5-6-14(12-15)13(2)3/h5-7,12-13H,4,8-11H2,1-3H3. The van der Waals surface area contributed by atoms with Gasteiger partial charge in [-0.15, -0.1) is 0 Å². The van der Waals surface area contributed by atoms with Crippen molar-refractivity contribution in [3.05, 3.63) is 29.8 Å². The molecule has 1 aliphatic rings. The molecule has 0 aliphatic carbocycles. The number of carbonyl (C=O) groups excluding carboxylic acids is 1. The second-order valence-electron chi connectivity index (χ2n) is 5.47. The zero-order valence-electron chi connectivity index (χ0n) is 12.2. The van der Waals surface area contributed by atoms with E-state index in [9.17, 15) is 4.79 Å². The lowest BCUT2D eigenvalue weighted by Gasteiger charge is -2.36. The number of piperazine rings is 1. The summed E-state index contributed by atoms with van der Waals surface area (Å²) in [5.74, 6) is 0.832. The Hall–Kier alpha value is -1.51. The van der Waals surface area contributed by atoms with Gasteiger partial charge in [0.15, 0.2) is 0 Å². The van der Waals surface area contributed by atoms with Crippen LogP contribution in [0.5, 0.6) is 0 Å². The van der Waals surface area contributed by atoms with Crippen molar-refractivity contribution in [1.82, 2.24) is 4.90 Å². The first-order valence-corrected chi connectivity index (χ1v) is 7.24. The molecule has 1 heterocycles. The number of rotatable bonds is 3. The van der Waals surface area contributed by atoms with Gasteiger partial charge in [0, 0.05) is 38.3 Å². The molecule has 1 aromatic rings. The molecule has 19 heavy (non-hydrogen) atoms. The van der Waals surface area contributed by atoms with Crippen LogP contribution >= 0.6 is 0 Å². The Bertz CT molecular complexity index is 434. The van der Waals surface area contributed by atoms with Gasteiger partial charge in [0.2, 0.25) is 5.91 Å². The first kappa shape index (κ1) is 13.9. The summed E-state index contributed by atoms with van der Waals surface area (Å²) in [6.07, 6.45) is 0.614. The average molecular weight is 260 g/mol. The fourth-order valence-corrected chi connectivity index (χ4v) is 2.52. The topological polar surface area (TPSA) is 23.6 Å². The molecule has 0 atom stereocenters. The second-order valence-corrected chi connectivity index (χ2v) is 5.47. The number of carbonyl (C=O) groups is 1. The van der Waals surface area contributed by atoms with E-state index in [4.69, 9.17) is 0 Å². The SMILES string of the molecule is CCC(=O)N1CCN(c2cccc(C(C)C)c2)CC1. The van der Waals surface area contributed by atoms with E-state index in [2.05, 4.69) is 43.0 Å². The number of amides is 1. The van der Waals surface area contributed by atoms with Crippen molar-refractivity contribution >= 4 is 11.6 Å². The summed E-state index contributed by atoms with van der Waals surface area (Å²) < 4.78 is 0. The van der Waals surface area contributed by atoms with Gasteiger partial charge in [-0.1, -0.05) is 32.9 Å². The summed E-state index contributed by atoms with van der Waals surface area (Å²) in [6.45, 7) is 9.94. The van der Waals surface area contributed by atoms with Crippen molar-refractivity contribution in [1.29, 1.82) is 0 Å². The quantitative estimate of drug-likeness (QED) is 0.834. The molecule has 1 amide bonds. The van der Waals surface area contributed by atoms with Gasteiger partial charge >= 0.3 is 0 Å². The summed E-state index contributed by atoms with van der Waals surface area (Å²) in [7, 11) is 0. The number of hydrogen-bond acceptors (Lipinski definition) is 2. The van der Waals surface area contributed by atoms with Crippen LogP contribution in [0.2, 0.25) is 0 Å². The molecule has 104 valence electrons. The second kappa shape index (κ2) is 6.09. The third-order valence-electron chi connectivity index (χ3n) is 3.84. The number of anilines is 1. The third-order valence-corrected chi connectivity index (χ3v) is 3.84. The van der Waals surface area contributed by atoms with Gasteiger partial charge in [-0.3, -0.25) is 4.79 Å². The summed E-state index contributed by atoms with van der Waals surface area (Å²) in [6, 6.07) is 8.77. The van der Waals surface area contributed by atoms with Crippen LogP contribution in [0.15, 0.2) is 24.3 Å². The Labute approximate surface area is 116 Å². The molecule has 1 saturated heterocycles. The van der Waals surface area contributed by atoms with Gasteiger partial charge in [0.05, 0.1) is 0 Å². The normalized spacial score (nSPS) is 16.0. The van der Waals surface area contributed by atoms with Crippen LogP contribution in [0.3, 0.4) is 0 Å². The molecular weight excluding hydrogens is 236 g/mol. The highest BCUT2D eigenvalue weighted by Gasteiger charge is 2.20. The van der Waals surface area contributed by atoms with Crippen molar-refractivity contribution in [2.24, 2.45) is 0 Å². The van der Waals surface area contributed by atoms with E-state index in [1.54, 1.807) is 0 Å². The van der Waals surface area contributed by atoms with Crippen molar-refractivity contribution in [2.75, 3.05) is 31.1 Å². The van der Waals surface area contributed by atoms with Crippen LogP contribution < -0.4 is 4.90 Å². The molecule has 0 N–H and O–H groups in total. The predicted molar refractivity (Wildman–Crippen MR) is 79.6 cm³/mol. The monoisotopic (exact) mass is 260 g/mol. The number of hydrogen-bond donors (Lipinski definition) is 0. The molecule has 1 aliphatic heterocycles. The summed E-state index contributed by atoms with van der Waals surface area (Å²) in [5, 5.41) is 0. The van der Waals surface area contributed by atoms with E-state index >= 15 is 0 Å². The highest BCUT2D eigenvalue weighted by Crippen LogP contribution is 2.22. The Morgan fingerprint density at radius 3 is 2.47 bits per heavy atom. The minimum atomic E-state index is 0.274. The summed E-state index contributed by atoms with van der Waals surface area (Å²) in [4.78, 5) is 16.0. The highest BCUT2D eigenvalue weighted by molar-refractivity contribution is 5.76. The fourth-order valence-electron chi connectivity index (χ4n) is 2.52. The Morgan fingerprint density at radius 1 is 1.21 bits per heavy atom. The van der Waals surface area contributed by atoms with Gasteiger partial charge in [-0.2, -0.15) is 0 Å². The van der Waals surface area contributed by atoms with Gasteiger partial charge in [-0.25, -0.2) is 0 Å². The van der Waals surface area contributed by atoms with Gasteiger partial charge in [-0.05, 0) is 23.6 Å². The van der Waals surface area contributed by atoms with Crippen molar-refractivity contribution < 1.29 is 4.79 Å². The molecule has 1 aromatic carbocycles. The maximum Gasteiger partial charge on any atom is 0.222 e. The maximum absolute atomic E-state index is 11.7. The number of benzene rings is 1. The molecule has 2 rings (SSSR count). The van der Waals surface area contributed by atoms with Crippen LogP contribution in [0.25, 0.3) is 0 Å². The fraction of sp³-hybridized carbons (Fsp3) is 0.562. The molecule has 0 saturated carbocycles. The maximum atomic E-state index is 11.7. The number of nitrogens with zero attached hydrogens (tertiary/aromatic N) is 2. The first-order chi connectivity index (χ1) is 9.11. The van der Waals surface area contributed by atoms with Crippen LogP contribution in [-0.2, 0) is 4.79 Å². The van der Waals surface area contributed by atoms with Crippen LogP contribution in [0, 0.1) is 0 Å². The molecule has 0 unspecified atom stereocenters. The van der Waals surface area contributed by atoms with Crippen LogP contribution in [0.4, 0.5) is 5.69 Å². The van der Waals surface area contributed by atoms with Crippen molar-refractivity contribution in [2.45, 2.75) is 33.1 Å². The van der Waals surface area contributed by atoms with E-state index in [-0.39, 0.29) is 5.91 Å². The molecule has 0 spiro atoms. The first-order valence-electron chi connectivity index (χ1n) is 7.24. The van der Waals surface area contributed by atoms with Crippen molar-refractivity contribution in [3.63, 3.8) is 0 Å². The van der Waals surface area contributed by atoms with E-state index in [0.29, 0.717) is 12.3 Å². The van der Waals surface area contributed by atoms with E-state index < -0.39 is 0 Å². The Kier molecular flexibility index (Phi) is 4.46. The minimum Gasteiger partial charge on any atom is -0.368 e. The zero-order valence-corrected chi connectivity index (χ0v) is 12.2. The Balaban J connectivity index is 2.01. The minimum absolute atomic E-state index is 0.274. The lowest BCUT2D eigenvalue weighted by molar-refractivity contribution is -0.131. The summed E-state index contributed by atoms with van der Waals surface area (Å²) in [5.41, 5.74) is 2.67. The van der Waals surface area contributed by atoms with Crippen LogP contribution in [0.1, 0.15) is 38.7 Å². The third kappa shape index (κ3) is 3.28. The Morgan fingerprint density at radius 2 is 1.89 bits per heavy atom. The highest BCUT2D eigenvalue weighted by atomic mass is 16.2. The molecule has 0 bridgehead atoms. The molecule has 3 nitrogen and oxygen atoms in total. The van der Waals surface area contributed by atoms with Gasteiger partial charge in [0.25, 0.3) is 0 Å². The lowest BCUT2D eigenvalue weighted by Crippen LogP contribution is -2.48. The van der Waals surface area contributed by atoms with E-state index in [1.807, 2.05) is 11.8 Å². The zero-order chi connectivity index (χ0) is 13.8. The van der Waals surface area contributed by atoms with Crippen molar-refractivity contribution in [3.8, 4) is 0 Å².